The molecular formula is C9H13BrN2O2S2. The fourth-order valence-electron chi connectivity index (χ4n) is 1.92. The molecule has 1 fully saturated rings. The molecule has 90 valence electrons. The molecule has 0 unspecified atom stereocenters. The molecule has 1 aliphatic heterocycles. The number of halogens is 1. The van der Waals surface area contributed by atoms with Gasteiger partial charge in [-0.15, -0.1) is 11.3 Å². The summed E-state index contributed by atoms with van der Waals surface area (Å²) in [6, 6.07) is -0.0648. The number of aryl methyl sites for hydroxylation is 1. The molecule has 0 saturated carbocycles. The largest absolute Gasteiger partial charge is 0.244 e. The molecule has 16 heavy (non-hydrogen) atoms. The Bertz CT molecular complexity index is 478. The third kappa shape index (κ3) is 2.32. The fourth-order valence-corrected chi connectivity index (χ4v) is 4.65. The molecule has 1 aliphatic rings. The van der Waals surface area contributed by atoms with Gasteiger partial charge in [0.25, 0.3) is 0 Å². The van der Waals surface area contributed by atoms with Gasteiger partial charge in [0, 0.05) is 6.54 Å². The van der Waals surface area contributed by atoms with E-state index in [-0.39, 0.29) is 6.04 Å². The zero-order valence-electron chi connectivity index (χ0n) is 9.10. The van der Waals surface area contributed by atoms with Gasteiger partial charge in [-0.2, -0.15) is 4.31 Å². The van der Waals surface area contributed by atoms with Crippen molar-refractivity contribution in [2.45, 2.75) is 25.8 Å². The Morgan fingerprint density at radius 2 is 2.25 bits per heavy atom. The first-order valence-electron chi connectivity index (χ1n) is 4.99. The summed E-state index contributed by atoms with van der Waals surface area (Å²) in [6.07, 6.45) is 3.04. The Hall–Kier alpha value is 0.0200. The van der Waals surface area contributed by atoms with Crippen LogP contribution < -0.4 is 0 Å². The summed E-state index contributed by atoms with van der Waals surface area (Å²) in [4.78, 5) is 4.42. The third-order valence-corrected chi connectivity index (χ3v) is 6.07. The Labute approximate surface area is 108 Å². The van der Waals surface area contributed by atoms with Gasteiger partial charge in [-0.3, -0.25) is 0 Å². The summed E-state index contributed by atoms with van der Waals surface area (Å²) >= 11 is 4.95. The highest BCUT2D eigenvalue weighted by molar-refractivity contribution is 9.11. The van der Waals surface area contributed by atoms with Gasteiger partial charge in [-0.1, -0.05) is 0 Å². The van der Waals surface area contributed by atoms with Crippen molar-refractivity contribution in [1.82, 2.24) is 9.29 Å². The maximum absolute atomic E-state index is 11.6. The first-order valence-corrected chi connectivity index (χ1v) is 8.45. The summed E-state index contributed by atoms with van der Waals surface area (Å²) in [6.45, 7) is 2.53. The lowest BCUT2D eigenvalue weighted by Gasteiger charge is -2.19. The van der Waals surface area contributed by atoms with Crippen molar-refractivity contribution in [1.29, 1.82) is 0 Å². The molecule has 1 aromatic rings. The van der Waals surface area contributed by atoms with Gasteiger partial charge in [0.1, 0.15) is 5.01 Å². The Morgan fingerprint density at radius 1 is 1.56 bits per heavy atom. The van der Waals surface area contributed by atoms with Crippen molar-refractivity contribution >= 4 is 37.3 Å². The molecule has 2 rings (SSSR count). The van der Waals surface area contributed by atoms with Crippen LogP contribution in [0.5, 0.6) is 0 Å². The molecule has 1 saturated heterocycles. The lowest BCUT2D eigenvalue weighted by Crippen LogP contribution is -2.29. The van der Waals surface area contributed by atoms with Crippen LogP contribution in [-0.2, 0) is 10.0 Å². The summed E-state index contributed by atoms with van der Waals surface area (Å²) < 4.78 is 25.7. The summed E-state index contributed by atoms with van der Waals surface area (Å²) in [5.41, 5.74) is 0.931. The second kappa shape index (κ2) is 4.36. The lowest BCUT2D eigenvalue weighted by atomic mass is 10.2. The van der Waals surface area contributed by atoms with Crippen molar-refractivity contribution in [2.75, 3.05) is 12.8 Å². The van der Waals surface area contributed by atoms with Crippen molar-refractivity contribution in [3.63, 3.8) is 0 Å². The van der Waals surface area contributed by atoms with Crippen LogP contribution in [-0.4, -0.2) is 30.5 Å². The molecule has 1 aromatic heterocycles. The molecule has 0 spiro atoms. The monoisotopic (exact) mass is 324 g/mol. The quantitative estimate of drug-likeness (QED) is 0.838. The van der Waals surface area contributed by atoms with Crippen molar-refractivity contribution in [3.05, 3.63) is 14.5 Å². The SMILES string of the molecule is Cc1nc([C@@H]2CCCN2S(C)(=O)=O)sc1Br. The van der Waals surface area contributed by atoms with E-state index >= 15 is 0 Å². The van der Waals surface area contributed by atoms with E-state index < -0.39 is 10.0 Å². The highest BCUT2D eigenvalue weighted by Gasteiger charge is 2.34. The molecule has 7 heteroatoms. The molecule has 0 amide bonds. The number of nitrogens with zero attached hydrogens (tertiary/aromatic N) is 2. The highest BCUT2D eigenvalue weighted by atomic mass is 79.9. The molecule has 2 heterocycles. The van der Waals surface area contributed by atoms with Gasteiger partial charge in [0.15, 0.2) is 0 Å². The van der Waals surface area contributed by atoms with Crippen molar-refractivity contribution in [3.8, 4) is 0 Å². The predicted octanol–water partition coefficient (Wildman–Crippen LogP) is 2.31. The average Bonchev–Trinajstić information content (AvgIpc) is 2.72. The van der Waals surface area contributed by atoms with Crippen LogP contribution in [0.15, 0.2) is 3.79 Å². The van der Waals surface area contributed by atoms with Crippen LogP contribution in [0.2, 0.25) is 0 Å². The number of aromatic nitrogens is 1. The number of thiazole rings is 1. The Morgan fingerprint density at radius 3 is 2.75 bits per heavy atom. The maximum atomic E-state index is 11.6. The van der Waals surface area contributed by atoms with Gasteiger partial charge >= 0.3 is 0 Å². The molecular weight excluding hydrogens is 312 g/mol. The van der Waals surface area contributed by atoms with Crippen LogP contribution in [0.25, 0.3) is 0 Å². The van der Waals surface area contributed by atoms with Crippen LogP contribution in [0.3, 0.4) is 0 Å². The summed E-state index contributed by atoms with van der Waals surface area (Å²) in [5, 5.41) is 0.896. The first-order chi connectivity index (χ1) is 7.39. The van der Waals surface area contributed by atoms with E-state index in [9.17, 15) is 8.42 Å². The van der Waals surface area contributed by atoms with Crippen molar-refractivity contribution in [2.24, 2.45) is 0 Å². The number of sulfonamides is 1. The van der Waals surface area contributed by atoms with Crippen molar-refractivity contribution < 1.29 is 8.42 Å². The van der Waals surface area contributed by atoms with Crippen LogP contribution in [0, 0.1) is 6.92 Å². The van der Waals surface area contributed by atoms with E-state index in [1.807, 2.05) is 6.92 Å². The zero-order valence-corrected chi connectivity index (χ0v) is 12.3. The number of hydrogen-bond donors (Lipinski definition) is 0. The standard InChI is InChI=1S/C9H13BrN2O2S2/c1-6-8(10)15-9(11-6)7-4-3-5-12(7)16(2,13)14/h7H,3-5H2,1-2H3/t7-/m0/s1. The maximum Gasteiger partial charge on any atom is 0.211 e. The number of rotatable bonds is 2. The molecule has 0 aliphatic carbocycles. The number of hydrogen-bond acceptors (Lipinski definition) is 4. The van der Waals surface area contributed by atoms with Gasteiger partial charge in [-0.25, -0.2) is 13.4 Å². The minimum Gasteiger partial charge on any atom is -0.244 e. The average molecular weight is 325 g/mol. The van der Waals surface area contributed by atoms with E-state index in [1.165, 1.54) is 17.6 Å². The van der Waals surface area contributed by atoms with E-state index in [4.69, 9.17) is 0 Å². The normalized spacial score (nSPS) is 22.8. The topological polar surface area (TPSA) is 50.3 Å². The predicted molar refractivity (Wildman–Crippen MR) is 68.1 cm³/mol. The molecule has 4 nitrogen and oxygen atoms in total. The summed E-state index contributed by atoms with van der Waals surface area (Å²) in [5.74, 6) is 0. The van der Waals surface area contributed by atoms with Crippen LogP contribution in [0.4, 0.5) is 0 Å². The van der Waals surface area contributed by atoms with Gasteiger partial charge in [-0.05, 0) is 35.7 Å². The summed E-state index contributed by atoms with van der Waals surface area (Å²) in [7, 11) is -3.12. The molecule has 0 aromatic carbocycles. The second-order valence-electron chi connectivity index (χ2n) is 3.94. The smallest absolute Gasteiger partial charge is 0.211 e. The van der Waals surface area contributed by atoms with Gasteiger partial charge in [0.2, 0.25) is 10.0 Å². The molecule has 0 radical (unpaired) electrons. The third-order valence-electron chi connectivity index (χ3n) is 2.67. The second-order valence-corrected chi connectivity index (χ2v) is 8.23. The molecule has 0 bridgehead atoms. The van der Waals surface area contributed by atoms with E-state index in [2.05, 4.69) is 20.9 Å². The van der Waals surface area contributed by atoms with E-state index in [1.54, 1.807) is 4.31 Å². The molecule has 0 N–H and O–H groups in total. The minimum atomic E-state index is -3.12. The van der Waals surface area contributed by atoms with E-state index in [0.29, 0.717) is 6.54 Å². The Balaban J connectivity index is 2.34. The fraction of sp³-hybridized carbons (Fsp3) is 0.667. The van der Waals surface area contributed by atoms with E-state index in [0.717, 1.165) is 27.3 Å². The Kier molecular flexibility index (Phi) is 3.40. The lowest BCUT2D eigenvalue weighted by molar-refractivity contribution is 0.399. The zero-order chi connectivity index (χ0) is 11.9. The molecule has 1 atom stereocenters. The van der Waals surface area contributed by atoms with Crippen LogP contribution >= 0.6 is 27.3 Å². The van der Waals surface area contributed by atoms with Gasteiger partial charge < -0.3 is 0 Å². The van der Waals surface area contributed by atoms with Crippen LogP contribution in [0.1, 0.15) is 29.6 Å². The van der Waals surface area contributed by atoms with Gasteiger partial charge in [0.05, 0.1) is 21.8 Å². The first kappa shape index (κ1) is 12.5. The minimum absolute atomic E-state index is 0.0648. The highest BCUT2D eigenvalue weighted by Crippen LogP contribution is 2.38.